The lowest BCUT2D eigenvalue weighted by Crippen LogP contribution is -2.16. The molecule has 0 fully saturated rings. The Hall–Kier alpha value is -2.79. The molecule has 0 amide bonds. The molecule has 0 spiro atoms. The molecule has 3 nitrogen and oxygen atoms in total. The first-order chi connectivity index (χ1) is 12.1. The molecule has 0 saturated carbocycles. The third-order valence-electron chi connectivity index (χ3n) is 3.97. The molecular formula is C20H18F2N2O. The molecule has 0 saturated heterocycles. The van der Waals surface area contributed by atoms with Crippen LogP contribution in [0.15, 0.2) is 60.8 Å². The van der Waals surface area contributed by atoms with Crippen LogP contribution in [0.5, 0.6) is 5.75 Å². The lowest BCUT2D eigenvalue weighted by Gasteiger charge is -2.16. The summed E-state index contributed by atoms with van der Waals surface area (Å²) in [6.45, 7) is 0. The van der Waals surface area contributed by atoms with Crippen LogP contribution in [-0.4, -0.2) is 12.1 Å². The molecule has 0 aliphatic rings. The molecule has 1 heterocycles. The highest BCUT2D eigenvalue weighted by molar-refractivity contribution is 5.67. The van der Waals surface area contributed by atoms with Gasteiger partial charge in [0.05, 0.1) is 18.8 Å². The minimum Gasteiger partial charge on any atom is -0.497 e. The fourth-order valence-corrected chi connectivity index (χ4v) is 2.81. The largest absolute Gasteiger partial charge is 0.497 e. The SMILES string of the molecule is COc1ccc(-c2cccnc2C(N)Cc2cc(F)cc(F)c2)cc1. The van der Waals surface area contributed by atoms with Gasteiger partial charge < -0.3 is 10.5 Å². The van der Waals surface area contributed by atoms with Crippen molar-refractivity contribution < 1.29 is 13.5 Å². The van der Waals surface area contributed by atoms with Crippen molar-refractivity contribution in [1.29, 1.82) is 0 Å². The number of ether oxygens (including phenoxy) is 1. The molecule has 0 aliphatic carbocycles. The molecular weight excluding hydrogens is 322 g/mol. The van der Waals surface area contributed by atoms with Crippen LogP contribution < -0.4 is 10.5 Å². The number of aromatic nitrogens is 1. The Balaban J connectivity index is 1.91. The Morgan fingerprint density at radius 2 is 1.72 bits per heavy atom. The van der Waals surface area contributed by atoms with Crippen molar-refractivity contribution in [3.63, 3.8) is 0 Å². The first-order valence-corrected chi connectivity index (χ1v) is 7.86. The van der Waals surface area contributed by atoms with Gasteiger partial charge in [-0.3, -0.25) is 4.98 Å². The van der Waals surface area contributed by atoms with Crippen LogP contribution in [-0.2, 0) is 6.42 Å². The minimum atomic E-state index is -0.612. The third-order valence-corrected chi connectivity index (χ3v) is 3.97. The summed E-state index contributed by atoms with van der Waals surface area (Å²) >= 11 is 0. The maximum atomic E-state index is 13.4. The van der Waals surface area contributed by atoms with Crippen LogP contribution in [0.2, 0.25) is 0 Å². The van der Waals surface area contributed by atoms with Crippen molar-refractivity contribution in [1.82, 2.24) is 4.98 Å². The second-order valence-corrected chi connectivity index (χ2v) is 5.75. The molecule has 1 atom stereocenters. The number of nitrogens with two attached hydrogens (primary N) is 1. The Bertz CT molecular complexity index is 846. The van der Waals surface area contributed by atoms with Gasteiger partial charge in [0.1, 0.15) is 17.4 Å². The second kappa shape index (κ2) is 7.40. The molecule has 0 bridgehead atoms. The lowest BCUT2D eigenvalue weighted by molar-refractivity contribution is 0.415. The fraction of sp³-hybridized carbons (Fsp3) is 0.150. The number of rotatable bonds is 5. The number of benzene rings is 2. The maximum absolute atomic E-state index is 13.4. The number of pyridine rings is 1. The Labute approximate surface area is 145 Å². The van der Waals surface area contributed by atoms with Gasteiger partial charge in [0.25, 0.3) is 0 Å². The van der Waals surface area contributed by atoms with E-state index < -0.39 is 17.7 Å². The van der Waals surface area contributed by atoms with Gasteiger partial charge in [-0.05, 0) is 47.9 Å². The monoisotopic (exact) mass is 340 g/mol. The van der Waals surface area contributed by atoms with Crippen molar-refractivity contribution in [3.05, 3.63) is 83.7 Å². The minimum absolute atomic E-state index is 0.287. The van der Waals surface area contributed by atoms with Crippen LogP contribution in [0.4, 0.5) is 8.78 Å². The zero-order valence-corrected chi connectivity index (χ0v) is 13.7. The predicted molar refractivity (Wildman–Crippen MR) is 93.2 cm³/mol. The molecule has 2 N–H and O–H groups in total. The van der Waals surface area contributed by atoms with E-state index in [-0.39, 0.29) is 6.42 Å². The van der Waals surface area contributed by atoms with E-state index in [1.807, 2.05) is 36.4 Å². The van der Waals surface area contributed by atoms with Gasteiger partial charge in [-0.2, -0.15) is 0 Å². The first-order valence-electron chi connectivity index (χ1n) is 7.86. The average molecular weight is 340 g/mol. The number of nitrogens with zero attached hydrogens (tertiary/aromatic N) is 1. The lowest BCUT2D eigenvalue weighted by atomic mass is 9.96. The first kappa shape index (κ1) is 17.0. The number of halogens is 2. The third kappa shape index (κ3) is 4.00. The molecule has 0 radical (unpaired) electrons. The molecule has 128 valence electrons. The summed E-state index contributed by atoms with van der Waals surface area (Å²) in [7, 11) is 1.61. The normalized spacial score (nSPS) is 12.0. The van der Waals surface area contributed by atoms with Gasteiger partial charge in [0.2, 0.25) is 0 Å². The number of hydrogen-bond donors (Lipinski definition) is 1. The highest BCUT2D eigenvalue weighted by atomic mass is 19.1. The van der Waals surface area contributed by atoms with Crippen LogP contribution >= 0.6 is 0 Å². The highest BCUT2D eigenvalue weighted by Crippen LogP contribution is 2.28. The van der Waals surface area contributed by atoms with Gasteiger partial charge in [0.15, 0.2) is 0 Å². The smallest absolute Gasteiger partial charge is 0.126 e. The molecule has 3 aromatic rings. The Morgan fingerprint density at radius 3 is 2.36 bits per heavy atom. The van der Waals surface area contributed by atoms with Gasteiger partial charge in [-0.1, -0.05) is 18.2 Å². The van der Waals surface area contributed by atoms with E-state index in [9.17, 15) is 8.78 Å². The van der Waals surface area contributed by atoms with Crippen molar-refractivity contribution >= 4 is 0 Å². The number of methoxy groups -OCH3 is 1. The topological polar surface area (TPSA) is 48.1 Å². The summed E-state index contributed by atoms with van der Waals surface area (Å²) in [5, 5.41) is 0. The number of hydrogen-bond acceptors (Lipinski definition) is 3. The van der Waals surface area contributed by atoms with Crippen LogP contribution in [0.1, 0.15) is 17.3 Å². The highest BCUT2D eigenvalue weighted by Gasteiger charge is 2.15. The summed E-state index contributed by atoms with van der Waals surface area (Å²) in [4.78, 5) is 4.39. The van der Waals surface area contributed by atoms with Gasteiger partial charge >= 0.3 is 0 Å². The van der Waals surface area contributed by atoms with E-state index in [1.54, 1.807) is 13.3 Å². The standard InChI is InChI=1S/C20H18F2N2O/c1-25-17-6-4-14(5-7-17)18-3-2-8-24-20(18)19(23)11-13-9-15(21)12-16(22)10-13/h2-10,12,19H,11,23H2,1H3. The Kier molecular flexibility index (Phi) is 5.05. The van der Waals surface area contributed by atoms with E-state index in [0.717, 1.165) is 22.9 Å². The molecule has 1 aromatic heterocycles. The van der Waals surface area contributed by atoms with Crippen molar-refractivity contribution in [2.75, 3.05) is 7.11 Å². The fourth-order valence-electron chi connectivity index (χ4n) is 2.81. The zero-order chi connectivity index (χ0) is 17.8. The summed E-state index contributed by atoms with van der Waals surface area (Å²) in [5.74, 6) is -0.467. The molecule has 5 heteroatoms. The summed E-state index contributed by atoms with van der Waals surface area (Å²) in [6, 6.07) is 14.3. The van der Waals surface area contributed by atoms with Crippen molar-refractivity contribution in [2.45, 2.75) is 12.5 Å². The summed E-state index contributed by atoms with van der Waals surface area (Å²) in [5.41, 5.74) is 9.30. The predicted octanol–water partition coefficient (Wildman–Crippen LogP) is 4.28. The van der Waals surface area contributed by atoms with Crippen molar-refractivity contribution in [3.8, 4) is 16.9 Å². The second-order valence-electron chi connectivity index (χ2n) is 5.75. The van der Waals surface area contributed by atoms with Crippen molar-refractivity contribution in [2.24, 2.45) is 5.73 Å². The zero-order valence-electron chi connectivity index (χ0n) is 13.7. The van der Waals surface area contributed by atoms with E-state index in [1.165, 1.54) is 12.1 Å². The maximum Gasteiger partial charge on any atom is 0.126 e. The van der Waals surface area contributed by atoms with Crippen LogP contribution in [0.25, 0.3) is 11.1 Å². The van der Waals surface area contributed by atoms with Crippen LogP contribution in [0.3, 0.4) is 0 Å². The Morgan fingerprint density at radius 1 is 1.04 bits per heavy atom. The molecule has 25 heavy (non-hydrogen) atoms. The van der Waals surface area contributed by atoms with E-state index in [0.29, 0.717) is 11.3 Å². The quantitative estimate of drug-likeness (QED) is 0.754. The van der Waals surface area contributed by atoms with E-state index in [2.05, 4.69) is 4.98 Å². The molecule has 2 aromatic carbocycles. The molecule has 3 rings (SSSR count). The average Bonchev–Trinajstić information content (AvgIpc) is 2.61. The summed E-state index contributed by atoms with van der Waals surface area (Å²) < 4.78 is 31.9. The van der Waals surface area contributed by atoms with Gasteiger partial charge in [-0.15, -0.1) is 0 Å². The van der Waals surface area contributed by atoms with Gasteiger partial charge in [0, 0.05) is 17.8 Å². The van der Waals surface area contributed by atoms with Gasteiger partial charge in [-0.25, -0.2) is 8.78 Å². The molecule has 1 unspecified atom stereocenters. The summed E-state index contributed by atoms with van der Waals surface area (Å²) in [6.07, 6.45) is 1.95. The molecule has 0 aliphatic heterocycles. The van der Waals surface area contributed by atoms with E-state index in [4.69, 9.17) is 10.5 Å². The van der Waals surface area contributed by atoms with Crippen LogP contribution in [0, 0.1) is 11.6 Å². The van der Waals surface area contributed by atoms with E-state index >= 15 is 0 Å².